The number of ether oxygens (including phenoxy) is 1. The first-order valence-corrected chi connectivity index (χ1v) is 4.34. The zero-order valence-corrected chi connectivity index (χ0v) is 7.67. The van der Waals surface area contributed by atoms with E-state index in [1.165, 1.54) is 0 Å². The van der Waals surface area contributed by atoms with Crippen LogP contribution < -0.4 is 5.32 Å². The van der Waals surface area contributed by atoms with Crippen molar-refractivity contribution in [3.63, 3.8) is 0 Å². The molecule has 0 aromatic carbocycles. The van der Waals surface area contributed by atoms with E-state index in [4.69, 9.17) is 4.74 Å². The number of hydrogen-bond donors (Lipinski definition) is 2. The predicted octanol–water partition coefficient (Wildman–Crippen LogP) is 0.781. The summed E-state index contributed by atoms with van der Waals surface area (Å²) in [4.78, 5) is 14.1. The minimum absolute atomic E-state index is 0.0929. The Morgan fingerprint density at radius 2 is 2.54 bits per heavy atom. The number of H-pyrrole nitrogens is 1. The standard InChI is InChI=1S/C9H14N2O2/c1-2-13-7-6-11-9(12)8-4-3-5-10-8/h3-5,10H,2,6-7H2,1H3,(H,11,12). The third-order valence-corrected chi connectivity index (χ3v) is 1.58. The molecule has 0 saturated heterocycles. The Morgan fingerprint density at radius 3 is 3.15 bits per heavy atom. The van der Waals surface area contributed by atoms with E-state index < -0.39 is 0 Å². The number of amides is 1. The van der Waals surface area contributed by atoms with Crippen molar-refractivity contribution in [2.45, 2.75) is 6.92 Å². The van der Waals surface area contributed by atoms with E-state index in [0.717, 1.165) is 0 Å². The van der Waals surface area contributed by atoms with Crippen molar-refractivity contribution in [1.29, 1.82) is 0 Å². The molecule has 0 bridgehead atoms. The van der Waals surface area contributed by atoms with Gasteiger partial charge in [-0.15, -0.1) is 0 Å². The summed E-state index contributed by atoms with van der Waals surface area (Å²) in [6.45, 7) is 3.71. The Bertz CT molecular complexity index is 244. The smallest absolute Gasteiger partial charge is 0.267 e. The maximum Gasteiger partial charge on any atom is 0.267 e. The van der Waals surface area contributed by atoms with Crippen LogP contribution in [-0.4, -0.2) is 30.6 Å². The molecule has 1 amide bonds. The Morgan fingerprint density at radius 1 is 1.69 bits per heavy atom. The summed E-state index contributed by atoms with van der Waals surface area (Å²) in [5, 5.41) is 2.72. The van der Waals surface area contributed by atoms with Crippen molar-refractivity contribution in [3.05, 3.63) is 24.0 Å². The highest BCUT2D eigenvalue weighted by atomic mass is 16.5. The molecule has 0 fully saturated rings. The third kappa shape index (κ3) is 3.29. The average Bonchev–Trinajstić information content (AvgIpc) is 2.65. The van der Waals surface area contributed by atoms with Crippen LogP contribution in [0.3, 0.4) is 0 Å². The van der Waals surface area contributed by atoms with Crippen LogP contribution in [0, 0.1) is 0 Å². The molecule has 0 aliphatic carbocycles. The molecule has 0 radical (unpaired) electrons. The van der Waals surface area contributed by atoms with Gasteiger partial charge in [-0.05, 0) is 19.1 Å². The Balaban J connectivity index is 2.19. The summed E-state index contributed by atoms with van der Waals surface area (Å²) in [5.41, 5.74) is 0.580. The number of aromatic amines is 1. The number of hydrogen-bond acceptors (Lipinski definition) is 2. The lowest BCUT2D eigenvalue weighted by Gasteiger charge is -2.03. The summed E-state index contributed by atoms with van der Waals surface area (Å²) in [6.07, 6.45) is 1.72. The van der Waals surface area contributed by atoms with Gasteiger partial charge in [0.05, 0.1) is 6.61 Å². The highest BCUT2D eigenvalue weighted by molar-refractivity contribution is 5.92. The van der Waals surface area contributed by atoms with Crippen LogP contribution in [0.5, 0.6) is 0 Å². The fraction of sp³-hybridized carbons (Fsp3) is 0.444. The highest BCUT2D eigenvalue weighted by Crippen LogP contribution is 1.92. The summed E-state index contributed by atoms with van der Waals surface area (Å²) in [5.74, 6) is -0.0929. The fourth-order valence-electron chi connectivity index (χ4n) is 0.948. The van der Waals surface area contributed by atoms with E-state index in [2.05, 4.69) is 10.3 Å². The Labute approximate surface area is 77.3 Å². The van der Waals surface area contributed by atoms with E-state index in [-0.39, 0.29) is 5.91 Å². The molecule has 1 aromatic rings. The lowest BCUT2D eigenvalue weighted by molar-refractivity contribution is 0.0918. The maximum absolute atomic E-state index is 11.3. The molecule has 4 nitrogen and oxygen atoms in total. The van der Waals surface area contributed by atoms with Gasteiger partial charge in [0.1, 0.15) is 5.69 Å². The second-order valence-corrected chi connectivity index (χ2v) is 2.54. The Hall–Kier alpha value is -1.29. The highest BCUT2D eigenvalue weighted by Gasteiger charge is 2.03. The van der Waals surface area contributed by atoms with Gasteiger partial charge in [-0.25, -0.2) is 0 Å². The zero-order valence-electron chi connectivity index (χ0n) is 7.67. The van der Waals surface area contributed by atoms with Gasteiger partial charge >= 0.3 is 0 Å². The van der Waals surface area contributed by atoms with Crippen LogP contribution in [0.1, 0.15) is 17.4 Å². The summed E-state index contributed by atoms with van der Waals surface area (Å²) < 4.78 is 5.08. The van der Waals surface area contributed by atoms with Crippen LogP contribution in [0.2, 0.25) is 0 Å². The molecule has 0 aliphatic rings. The molecule has 4 heteroatoms. The van der Waals surface area contributed by atoms with Crippen molar-refractivity contribution >= 4 is 5.91 Å². The lowest BCUT2D eigenvalue weighted by Crippen LogP contribution is -2.27. The molecule has 0 saturated carbocycles. The molecule has 0 aliphatic heterocycles. The second-order valence-electron chi connectivity index (χ2n) is 2.54. The Kier molecular flexibility index (Phi) is 4.05. The van der Waals surface area contributed by atoms with E-state index in [0.29, 0.717) is 25.5 Å². The fourth-order valence-corrected chi connectivity index (χ4v) is 0.948. The quantitative estimate of drug-likeness (QED) is 0.661. The van der Waals surface area contributed by atoms with Crippen molar-refractivity contribution in [2.24, 2.45) is 0 Å². The SMILES string of the molecule is CCOCCNC(=O)c1ccc[nH]1. The molecular formula is C9H14N2O2. The first-order chi connectivity index (χ1) is 6.34. The molecule has 13 heavy (non-hydrogen) atoms. The molecule has 0 spiro atoms. The molecule has 2 N–H and O–H groups in total. The van der Waals surface area contributed by atoms with E-state index >= 15 is 0 Å². The molecular weight excluding hydrogens is 168 g/mol. The molecule has 1 rings (SSSR count). The maximum atomic E-state index is 11.3. The molecule has 1 heterocycles. The van der Waals surface area contributed by atoms with Crippen LogP contribution in [0.4, 0.5) is 0 Å². The van der Waals surface area contributed by atoms with Crippen molar-refractivity contribution in [3.8, 4) is 0 Å². The molecule has 0 atom stereocenters. The number of rotatable bonds is 5. The minimum Gasteiger partial charge on any atom is -0.380 e. The minimum atomic E-state index is -0.0929. The molecule has 0 unspecified atom stereocenters. The van der Waals surface area contributed by atoms with Gasteiger partial charge < -0.3 is 15.0 Å². The normalized spacial score (nSPS) is 9.92. The van der Waals surface area contributed by atoms with E-state index in [1.807, 2.05) is 6.92 Å². The number of nitrogens with one attached hydrogen (secondary N) is 2. The average molecular weight is 182 g/mol. The number of carbonyl (C=O) groups is 1. The van der Waals surface area contributed by atoms with Gasteiger partial charge in [-0.3, -0.25) is 4.79 Å². The van der Waals surface area contributed by atoms with Crippen LogP contribution >= 0.6 is 0 Å². The largest absolute Gasteiger partial charge is 0.380 e. The van der Waals surface area contributed by atoms with Crippen LogP contribution in [0.25, 0.3) is 0 Å². The number of aromatic nitrogens is 1. The van der Waals surface area contributed by atoms with Crippen molar-refractivity contribution in [2.75, 3.05) is 19.8 Å². The van der Waals surface area contributed by atoms with E-state index in [9.17, 15) is 4.79 Å². The van der Waals surface area contributed by atoms with Crippen LogP contribution in [-0.2, 0) is 4.74 Å². The first-order valence-electron chi connectivity index (χ1n) is 4.34. The monoisotopic (exact) mass is 182 g/mol. The number of carbonyl (C=O) groups excluding carboxylic acids is 1. The second kappa shape index (κ2) is 5.37. The summed E-state index contributed by atoms with van der Waals surface area (Å²) in [7, 11) is 0. The van der Waals surface area contributed by atoms with Crippen molar-refractivity contribution < 1.29 is 9.53 Å². The van der Waals surface area contributed by atoms with Gasteiger partial charge in [-0.2, -0.15) is 0 Å². The summed E-state index contributed by atoms with van der Waals surface area (Å²) >= 11 is 0. The van der Waals surface area contributed by atoms with Gasteiger partial charge in [0.25, 0.3) is 5.91 Å². The van der Waals surface area contributed by atoms with Gasteiger partial charge in [0.2, 0.25) is 0 Å². The van der Waals surface area contributed by atoms with Crippen LogP contribution in [0.15, 0.2) is 18.3 Å². The molecule has 1 aromatic heterocycles. The van der Waals surface area contributed by atoms with Gasteiger partial charge in [0.15, 0.2) is 0 Å². The van der Waals surface area contributed by atoms with Gasteiger partial charge in [0, 0.05) is 19.3 Å². The summed E-state index contributed by atoms with van der Waals surface area (Å²) in [6, 6.07) is 3.52. The zero-order chi connectivity index (χ0) is 9.52. The van der Waals surface area contributed by atoms with E-state index in [1.54, 1.807) is 18.3 Å². The topological polar surface area (TPSA) is 54.1 Å². The van der Waals surface area contributed by atoms with Gasteiger partial charge in [-0.1, -0.05) is 0 Å². The predicted molar refractivity (Wildman–Crippen MR) is 49.6 cm³/mol. The van der Waals surface area contributed by atoms with Crippen molar-refractivity contribution in [1.82, 2.24) is 10.3 Å². The molecule has 72 valence electrons. The lowest BCUT2D eigenvalue weighted by atomic mass is 10.4. The third-order valence-electron chi connectivity index (χ3n) is 1.58. The first kappa shape index (κ1) is 9.80.